The zero-order chi connectivity index (χ0) is 12.4. The third-order valence-corrected chi connectivity index (χ3v) is 3.64. The molecule has 0 amide bonds. The van der Waals surface area contributed by atoms with E-state index in [-0.39, 0.29) is 6.04 Å². The summed E-state index contributed by atoms with van der Waals surface area (Å²) in [6.45, 7) is 6.39. The summed E-state index contributed by atoms with van der Waals surface area (Å²) < 4.78 is 3.15. The predicted molar refractivity (Wildman–Crippen MR) is 73.6 cm³/mol. The third kappa shape index (κ3) is 3.04. The summed E-state index contributed by atoms with van der Waals surface area (Å²) in [5, 5.41) is 3.79. The van der Waals surface area contributed by atoms with Crippen LogP contribution < -0.4 is 10.0 Å². The molecule has 92 valence electrons. The first-order chi connectivity index (χ1) is 8.06. The first kappa shape index (κ1) is 12.5. The van der Waals surface area contributed by atoms with E-state index in [0.717, 1.165) is 16.7 Å². The maximum absolute atomic E-state index is 5.88. The number of hydrogen-bond donors (Lipinski definition) is 2. The molecule has 2 heterocycles. The molecule has 0 aliphatic carbocycles. The Morgan fingerprint density at radius 1 is 1.41 bits per heavy atom. The molecule has 1 aliphatic rings. The molecule has 1 unspecified atom stereocenters. The van der Waals surface area contributed by atoms with Crippen molar-refractivity contribution in [2.75, 3.05) is 5.32 Å². The van der Waals surface area contributed by atoms with E-state index in [0.29, 0.717) is 10.9 Å². The zero-order valence-electron chi connectivity index (χ0n) is 9.99. The van der Waals surface area contributed by atoms with Crippen molar-refractivity contribution in [3.05, 3.63) is 17.3 Å². The van der Waals surface area contributed by atoms with E-state index in [2.05, 4.69) is 40.8 Å². The van der Waals surface area contributed by atoms with Crippen LogP contribution in [0.5, 0.6) is 0 Å². The van der Waals surface area contributed by atoms with Gasteiger partial charge >= 0.3 is 0 Å². The van der Waals surface area contributed by atoms with Crippen LogP contribution in [0.2, 0.25) is 5.02 Å². The number of nitrogens with one attached hydrogen (secondary N) is 2. The smallest absolute Gasteiger partial charge is 0.207 e. The molecule has 0 radical (unpaired) electrons. The molecule has 1 aromatic heterocycles. The van der Waals surface area contributed by atoms with Gasteiger partial charge in [-0.2, -0.15) is 0 Å². The third-order valence-electron chi connectivity index (χ3n) is 2.61. The van der Waals surface area contributed by atoms with E-state index in [1.165, 1.54) is 11.9 Å². The van der Waals surface area contributed by atoms with E-state index in [9.17, 15) is 0 Å². The summed E-state index contributed by atoms with van der Waals surface area (Å²) in [5.74, 6) is 2.06. The van der Waals surface area contributed by atoms with Crippen LogP contribution in [0, 0.1) is 5.92 Å². The van der Waals surface area contributed by atoms with Crippen LogP contribution in [-0.2, 0) is 0 Å². The van der Waals surface area contributed by atoms with Crippen molar-refractivity contribution < 1.29 is 0 Å². The SMILES string of the molecule is CC(C)C(C)N=C1NSc2cc(Cl)cnc2N1. The minimum absolute atomic E-state index is 0.263. The van der Waals surface area contributed by atoms with Gasteiger partial charge in [0.2, 0.25) is 5.96 Å². The molecule has 17 heavy (non-hydrogen) atoms. The number of guanidine groups is 1. The number of aliphatic imine (C=N–C) groups is 1. The highest BCUT2D eigenvalue weighted by Gasteiger charge is 2.16. The lowest BCUT2D eigenvalue weighted by molar-refractivity contribution is 0.530. The number of anilines is 1. The van der Waals surface area contributed by atoms with Gasteiger partial charge in [-0.15, -0.1) is 0 Å². The van der Waals surface area contributed by atoms with Crippen LogP contribution in [-0.4, -0.2) is 17.0 Å². The molecule has 2 N–H and O–H groups in total. The molecule has 0 fully saturated rings. The number of nitrogens with zero attached hydrogens (tertiary/aromatic N) is 2. The lowest BCUT2D eigenvalue weighted by atomic mass is 10.1. The van der Waals surface area contributed by atoms with Gasteiger partial charge in [-0.1, -0.05) is 25.4 Å². The fourth-order valence-corrected chi connectivity index (χ4v) is 2.16. The fraction of sp³-hybridized carbons (Fsp3) is 0.455. The summed E-state index contributed by atoms with van der Waals surface area (Å²) in [6.07, 6.45) is 1.63. The summed E-state index contributed by atoms with van der Waals surface area (Å²) >= 11 is 7.35. The molecule has 0 spiro atoms. The van der Waals surface area contributed by atoms with Gasteiger partial charge in [-0.3, -0.25) is 4.72 Å². The maximum Gasteiger partial charge on any atom is 0.207 e. The number of rotatable bonds is 2. The van der Waals surface area contributed by atoms with Gasteiger partial charge in [0.1, 0.15) is 5.82 Å². The fourth-order valence-electron chi connectivity index (χ4n) is 1.24. The summed E-state index contributed by atoms with van der Waals surface area (Å²) in [4.78, 5) is 9.77. The quantitative estimate of drug-likeness (QED) is 0.811. The van der Waals surface area contributed by atoms with Gasteiger partial charge < -0.3 is 5.32 Å². The van der Waals surface area contributed by atoms with Gasteiger partial charge in [-0.05, 0) is 30.9 Å². The predicted octanol–water partition coefficient (Wildman–Crippen LogP) is 3.16. The van der Waals surface area contributed by atoms with Crippen LogP contribution in [0.25, 0.3) is 0 Å². The molecule has 6 heteroatoms. The Morgan fingerprint density at radius 3 is 2.88 bits per heavy atom. The Morgan fingerprint density at radius 2 is 2.18 bits per heavy atom. The molecule has 1 atom stereocenters. The van der Waals surface area contributed by atoms with Crippen molar-refractivity contribution in [2.24, 2.45) is 10.9 Å². The highest BCUT2D eigenvalue weighted by Crippen LogP contribution is 2.29. The number of aromatic nitrogens is 1. The van der Waals surface area contributed by atoms with Crippen molar-refractivity contribution in [3.8, 4) is 0 Å². The molecule has 1 aromatic rings. The van der Waals surface area contributed by atoms with Crippen LogP contribution in [0.1, 0.15) is 20.8 Å². The van der Waals surface area contributed by atoms with E-state index in [4.69, 9.17) is 11.6 Å². The van der Waals surface area contributed by atoms with Crippen LogP contribution in [0.3, 0.4) is 0 Å². The monoisotopic (exact) mass is 270 g/mol. The molecule has 1 aliphatic heterocycles. The molecule has 4 nitrogen and oxygen atoms in total. The van der Waals surface area contributed by atoms with E-state index in [1.54, 1.807) is 6.20 Å². The van der Waals surface area contributed by atoms with Crippen LogP contribution in [0.4, 0.5) is 5.82 Å². The van der Waals surface area contributed by atoms with Gasteiger partial charge in [0, 0.05) is 6.20 Å². The first-order valence-electron chi connectivity index (χ1n) is 5.49. The van der Waals surface area contributed by atoms with E-state index >= 15 is 0 Å². The Kier molecular flexibility index (Phi) is 3.79. The number of fused-ring (bicyclic) bond motifs is 1. The number of halogens is 1. The highest BCUT2D eigenvalue weighted by atomic mass is 35.5. The standard InChI is InChI=1S/C11H15ClN4S/c1-6(2)7(3)14-11-15-10-9(17-16-11)4-8(12)5-13-10/h4-7H,1-3H3,(H2,13,14,15,16). The minimum atomic E-state index is 0.263. The van der Waals surface area contributed by atoms with Crippen LogP contribution in [0.15, 0.2) is 22.2 Å². The Labute approximate surface area is 110 Å². The molecular formula is C11H15ClN4S. The van der Waals surface area contributed by atoms with Crippen molar-refractivity contribution in [2.45, 2.75) is 31.7 Å². The van der Waals surface area contributed by atoms with Crippen LogP contribution >= 0.6 is 23.5 Å². The Balaban J connectivity index is 2.16. The van der Waals surface area contributed by atoms with Crippen molar-refractivity contribution in [1.82, 2.24) is 9.71 Å². The number of pyridine rings is 1. The van der Waals surface area contributed by atoms with Gasteiger partial charge in [-0.25, -0.2) is 9.98 Å². The van der Waals surface area contributed by atoms with Gasteiger partial charge in [0.25, 0.3) is 0 Å². The van der Waals surface area contributed by atoms with E-state index in [1.807, 2.05) is 6.07 Å². The topological polar surface area (TPSA) is 49.3 Å². The lowest BCUT2D eigenvalue weighted by Crippen LogP contribution is -2.31. The first-order valence-corrected chi connectivity index (χ1v) is 6.69. The highest BCUT2D eigenvalue weighted by molar-refractivity contribution is 7.98. The van der Waals surface area contributed by atoms with Crippen molar-refractivity contribution in [3.63, 3.8) is 0 Å². The number of hydrogen-bond acceptors (Lipinski definition) is 3. The average molecular weight is 271 g/mol. The van der Waals surface area contributed by atoms with Crippen molar-refractivity contribution in [1.29, 1.82) is 0 Å². The second-order valence-corrected chi connectivity index (χ2v) is 5.58. The lowest BCUT2D eigenvalue weighted by Gasteiger charge is -2.21. The molecule has 0 aromatic carbocycles. The molecule has 0 saturated carbocycles. The summed E-state index contributed by atoms with van der Waals surface area (Å²) in [7, 11) is 0. The molecule has 0 bridgehead atoms. The van der Waals surface area contributed by atoms with E-state index < -0.39 is 0 Å². The molecule has 0 saturated heterocycles. The maximum atomic E-state index is 5.88. The summed E-state index contributed by atoms with van der Waals surface area (Å²) in [6, 6.07) is 2.14. The zero-order valence-corrected chi connectivity index (χ0v) is 11.6. The van der Waals surface area contributed by atoms with Gasteiger partial charge in [0.15, 0.2) is 0 Å². The average Bonchev–Trinajstić information content (AvgIpc) is 2.29. The second kappa shape index (κ2) is 5.14. The Bertz CT molecular complexity index is 447. The van der Waals surface area contributed by atoms with Crippen molar-refractivity contribution >= 4 is 35.3 Å². The summed E-state index contributed by atoms with van der Waals surface area (Å²) in [5.41, 5.74) is 0. The molecular weight excluding hydrogens is 256 g/mol. The Hall–Kier alpha value is -0.940. The molecule has 2 rings (SSSR count). The second-order valence-electron chi connectivity index (χ2n) is 4.29. The van der Waals surface area contributed by atoms with Gasteiger partial charge in [0.05, 0.1) is 16.0 Å². The normalized spacial score (nSPS) is 18.5. The minimum Gasteiger partial charge on any atom is -0.309 e. The largest absolute Gasteiger partial charge is 0.309 e.